The van der Waals surface area contributed by atoms with Crippen LogP contribution in [-0.2, 0) is 0 Å². The Morgan fingerprint density at radius 2 is 2.05 bits per heavy atom. The predicted octanol–water partition coefficient (Wildman–Crippen LogP) is 3.79. The van der Waals surface area contributed by atoms with Crippen molar-refractivity contribution in [2.75, 3.05) is 0 Å². The summed E-state index contributed by atoms with van der Waals surface area (Å²) in [4.78, 5) is 0.0400. The average molecular weight is 289 g/mol. The van der Waals surface area contributed by atoms with Gasteiger partial charge in [-0.25, -0.2) is 0 Å². The lowest BCUT2D eigenvalue weighted by molar-refractivity contribution is 0.571. The van der Waals surface area contributed by atoms with Gasteiger partial charge in [0.1, 0.15) is 22.6 Å². The second-order valence-electron chi connectivity index (χ2n) is 3.72. The molecule has 1 heterocycles. The topological polar surface area (TPSA) is 63.0 Å². The molecule has 5 heteroatoms. The molecule has 1 aromatic heterocycles. The maximum absolute atomic E-state index is 8.88. The number of rotatable bonds is 3. The molecule has 0 aliphatic carbocycles. The summed E-state index contributed by atoms with van der Waals surface area (Å²) in [6.07, 6.45) is 1.50. The summed E-state index contributed by atoms with van der Waals surface area (Å²) in [5.41, 5.74) is 6.41. The molecule has 0 radical (unpaired) electrons. The first-order chi connectivity index (χ1) is 9.11. The van der Waals surface area contributed by atoms with E-state index in [1.165, 1.54) is 6.08 Å². The first-order valence-electron chi connectivity index (χ1n) is 5.38. The van der Waals surface area contributed by atoms with E-state index >= 15 is 0 Å². The molecule has 0 fully saturated rings. The molecule has 19 heavy (non-hydrogen) atoms. The van der Waals surface area contributed by atoms with E-state index in [0.717, 1.165) is 5.56 Å². The lowest BCUT2D eigenvalue weighted by Gasteiger charge is -1.99. The van der Waals surface area contributed by atoms with Crippen molar-refractivity contribution in [3.63, 3.8) is 0 Å². The number of halogens is 1. The Balaban J connectivity index is 2.38. The molecule has 0 unspecified atom stereocenters. The van der Waals surface area contributed by atoms with Crippen molar-refractivity contribution >= 4 is 34.9 Å². The number of hydrogen-bond acceptors (Lipinski definition) is 3. The van der Waals surface area contributed by atoms with Crippen LogP contribution in [0.2, 0.25) is 5.02 Å². The van der Waals surface area contributed by atoms with Gasteiger partial charge in [-0.15, -0.1) is 0 Å². The van der Waals surface area contributed by atoms with Crippen molar-refractivity contribution in [1.29, 1.82) is 5.26 Å². The third kappa shape index (κ3) is 3.02. The van der Waals surface area contributed by atoms with Crippen molar-refractivity contribution in [1.82, 2.24) is 0 Å². The Hall–Kier alpha value is -2.09. The minimum Gasteiger partial charge on any atom is -0.457 e. The SMILES string of the molecule is N#C/C(=C\c1ccc(-c2ccccc2Cl)o1)C(N)=S. The van der Waals surface area contributed by atoms with Gasteiger partial charge in [0.2, 0.25) is 0 Å². The van der Waals surface area contributed by atoms with E-state index in [9.17, 15) is 0 Å². The van der Waals surface area contributed by atoms with Crippen molar-refractivity contribution < 1.29 is 4.42 Å². The summed E-state index contributed by atoms with van der Waals surface area (Å²) in [6.45, 7) is 0. The summed E-state index contributed by atoms with van der Waals surface area (Å²) in [6, 6.07) is 12.8. The number of benzene rings is 1. The van der Waals surface area contributed by atoms with Gasteiger partial charge >= 0.3 is 0 Å². The molecular formula is C14H9ClN2OS. The normalized spacial score (nSPS) is 11.1. The maximum Gasteiger partial charge on any atom is 0.136 e. The van der Waals surface area contributed by atoms with Crippen LogP contribution in [0.5, 0.6) is 0 Å². The van der Waals surface area contributed by atoms with Gasteiger partial charge in [0.25, 0.3) is 0 Å². The van der Waals surface area contributed by atoms with E-state index in [0.29, 0.717) is 16.5 Å². The van der Waals surface area contributed by atoms with Crippen molar-refractivity contribution in [2.45, 2.75) is 0 Å². The number of nitrogens with two attached hydrogens (primary N) is 1. The maximum atomic E-state index is 8.88. The molecule has 0 aliphatic heterocycles. The highest BCUT2D eigenvalue weighted by atomic mass is 35.5. The molecule has 2 aromatic rings. The number of hydrogen-bond donors (Lipinski definition) is 1. The van der Waals surface area contributed by atoms with E-state index < -0.39 is 0 Å². The van der Waals surface area contributed by atoms with Crippen LogP contribution in [0.15, 0.2) is 46.4 Å². The number of furan rings is 1. The molecule has 1 aromatic carbocycles. The van der Waals surface area contributed by atoms with Crippen LogP contribution < -0.4 is 5.73 Å². The van der Waals surface area contributed by atoms with Crippen LogP contribution in [0.3, 0.4) is 0 Å². The Kier molecular flexibility index (Phi) is 4.00. The largest absolute Gasteiger partial charge is 0.457 e. The monoisotopic (exact) mass is 288 g/mol. The Bertz CT molecular complexity index is 697. The third-order valence-electron chi connectivity index (χ3n) is 2.44. The van der Waals surface area contributed by atoms with Crippen LogP contribution in [0, 0.1) is 11.3 Å². The number of nitrogens with zero attached hydrogens (tertiary/aromatic N) is 1. The quantitative estimate of drug-likeness (QED) is 0.530. The molecule has 0 amide bonds. The van der Waals surface area contributed by atoms with Gasteiger partial charge in [0, 0.05) is 11.6 Å². The molecule has 0 atom stereocenters. The van der Waals surface area contributed by atoms with Crippen molar-refractivity contribution in [3.05, 3.63) is 52.8 Å². The summed E-state index contributed by atoms with van der Waals surface area (Å²) in [5.74, 6) is 1.12. The minimum absolute atomic E-state index is 0.0400. The minimum atomic E-state index is 0.0400. The van der Waals surface area contributed by atoms with E-state index in [-0.39, 0.29) is 10.6 Å². The molecule has 2 N–H and O–H groups in total. The highest BCUT2D eigenvalue weighted by Crippen LogP contribution is 2.29. The standard InChI is InChI=1S/C14H9ClN2OS/c15-12-4-2-1-3-11(12)13-6-5-10(18-13)7-9(8-16)14(17)19/h1-7H,(H2,17,19)/b9-7+. The molecule has 94 valence electrons. The zero-order valence-corrected chi connectivity index (χ0v) is 11.3. The molecule has 0 bridgehead atoms. The fourth-order valence-electron chi connectivity index (χ4n) is 1.54. The Labute approximate surface area is 120 Å². The van der Waals surface area contributed by atoms with Crippen LogP contribution in [0.25, 0.3) is 17.4 Å². The first kappa shape index (κ1) is 13.3. The summed E-state index contributed by atoms with van der Waals surface area (Å²) < 4.78 is 5.61. The van der Waals surface area contributed by atoms with E-state index in [2.05, 4.69) is 0 Å². The highest BCUT2D eigenvalue weighted by Gasteiger charge is 2.08. The summed E-state index contributed by atoms with van der Waals surface area (Å²) in [5, 5.41) is 9.48. The average Bonchev–Trinajstić information content (AvgIpc) is 2.84. The molecule has 0 aliphatic rings. The van der Waals surface area contributed by atoms with Gasteiger partial charge < -0.3 is 10.2 Å². The second kappa shape index (κ2) is 5.70. The number of nitriles is 1. The summed E-state index contributed by atoms with van der Waals surface area (Å²) >= 11 is 10.8. The highest BCUT2D eigenvalue weighted by molar-refractivity contribution is 7.80. The van der Waals surface area contributed by atoms with Crippen LogP contribution >= 0.6 is 23.8 Å². The smallest absolute Gasteiger partial charge is 0.136 e. The fourth-order valence-corrected chi connectivity index (χ4v) is 1.87. The van der Waals surface area contributed by atoms with Gasteiger partial charge in [-0.05, 0) is 24.3 Å². The van der Waals surface area contributed by atoms with E-state index in [1.807, 2.05) is 24.3 Å². The molecule has 2 rings (SSSR count). The van der Waals surface area contributed by atoms with Gasteiger partial charge in [-0.3, -0.25) is 0 Å². The van der Waals surface area contributed by atoms with Gasteiger partial charge in [0.05, 0.1) is 10.6 Å². The molecule has 0 spiro atoms. The fraction of sp³-hybridized carbons (Fsp3) is 0. The molecule has 3 nitrogen and oxygen atoms in total. The molecule has 0 saturated carbocycles. The van der Waals surface area contributed by atoms with Gasteiger partial charge in [0.15, 0.2) is 0 Å². The van der Waals surface area contributed by atoms with Gasteiger partial charge in [-0.2, -0.15) is 5.26 Å². The predicted molar refractivity (Wildman–Crippen MR) is 79.5 cm³/mol. The first-order valence-corrected chi connectivity index (χ1v) is 6.17. The lowest BCUT2D eigenvalue weighted by atomic mass is 10.2. The molecular weight excluding hydrogens is 280 g/mol. The van der Waals surface area contributed by atoms with E-state index in [4.69, 9.17) is 39.2 Å². The molecule has 0 saturated heterocycles. The van der Waals surface area contributed by atoms with Crippen LogP contribution in [0.1, 0.15) is 5.76 Å². The number of thiocarbonyl (C=S) groups is 1. The zero-order chi connectivity index (χ0) is 13.8. The Morgan fingerprint density at radius 3 is 2.68 bits per heavy atom. The van der Waals surface area contributed by atoms with Gasteiger partial charge in [-0.1, -0.05) is 36.0 Å². The lowest BCUT2D eigenvalue weighted by Crippen LogP contribution is -2.09. The van der Waals surface area contributed by atoms with Crippen molar-refractivity contribution in [2.24, 2.45) is 5.73 Å². The third-order valence-corrected chi connectivity index (χ3v) is 2.99. The zero-order valence-electron chi connectivity index (χ0n) is 9.76. The summed E-state index contributed by atoms with van der Waals surface area (Å²) in [7, 11) is 0. The second-order valence-corrected chi connectivity index (χ2v) is 4.56. The van der Waals surface area contributed by atoms with Crippen LogP contribution in [-0.4, -0.2) is 4.99 Å². The Morgan fingerprint density at radius 1 is 1.32 bits per heavy atom. The van der Waals surface area contributed by atoms with E-state index in [1.54, 1.807) is 18.2 Å². The van der Waals surface area contributed by atoms with Crippen molar-refractivity contribution in [3.8, 4) is 17.4 Å². The van der Waals surface area contributed by atoms with Crippen LogP contribution in [0.4, 0.5) is 0 Å².